The SMILES string of the molecule is CC1=NN(c2ccccc2Cl)C(=O)/C1=C\c1ccccc1OCc1ccccc1Cl. The van der Waals surface area contributed by atoms with Crippen molar-refractivity contribution in [3.8, 4) is 5.75 Å². The number of benzene rings is 3. The molecule has 0 unspecified atom stereocenters. The minimum absolute atomic E-state index is 0.235. The molecule has 0 saturated carbocycles. The van der Waals surface area contributed by atoms with Crippen LogP contribution in [-0.2, 0) is 11.4 Å². The minimum atomic E-state index is -0.235. The van der Waals surface area contributed by atoms with Crippen LogP contribution in [0.15, 0.2) is 83.5 Å². The van der Waals surface area contributed by atoms with E-state index in [-0.39, 0.29) is 5.91 Å². The molecule has 4 rings (SSSR count). The molecule has 0 spiro atoms. The van der Waals surface area contributed by atoms with Crippen molar-refractivity contribution in [1.29, 1.82) is 0 Å². The van der Waals surface area contributed by atoms with Crippen LogP contribution in [0.5, 0.6) is 5.75 Å². The number of rotatable bonds is 5. The van der Waals surface area contributed by atoms with Gasteiger partial charge in [0.15, 0.2) is 0 Å². The van der Waals surface area contributed by atoms with Gasteiger partial charge in [-0.1, -0.05) is 71.7 Å². The van der Waals surface area contributed by atoms with E-state index in [1.54, 1.807) is 25.1 Å². The number of hydrazone groups is 1. The second kappa shape index (κ2) is 8.74. The lowest BCUT2D eigenvalue weighted by Gasteiger charge is -2.13. The van der Waals surface area contributed by atoms with E-state index in [1.807, 2.05) is 60.7 Å². The van der Waals surface area contributed by atoms with E-state index in [0.717, 1.165) is 11.1 Å². The predicted molar refractivity (Wildman–Crippen MR) is 122 cm³/mol. The fourth-order valence-corrected chi connectivity index (χ4v) is 3.53. The molecule has 30 heavy (non-hydrogen) atoms. The molecule has 1 amide bonds. The van der Waals surface area contributed by atoms with Crippen LogP contribution in [0.25, 0.3) is 6.08 Å². The van der Waals surface area contributed by atoms with E-state index in [1.165, 1.54) is 5.01 Å². The molecule has 0 radical (unpaired) electrons. The molecule has 150 valence electrons. The topological polar surface area (TPSA) is 41.9 Å². The molecule has 0 bridgehead atoms. The Labute approximate surface area is 185 Å². The summed E-state index contributed by atoms with van der Waals surface area (Å²) in [6.07, 6.45) is 1.79. The van der Waals surface area contributed by atoms with Gasteiger partial charge in [-0.2, -0.15) is 10.1 Å². The molecule has 0 fully saturated rings. The normalized spacial score (nSPS) is 14.9. The first-order valence-electron chi connectivity index (χ1n) is 9.36. The average Bonchev–Trinajstić information content (AvgIpc) is 3.02. The number of amides is 1. The number of carbonyl (C=O) groups is 1. The average molecular weight is 437 g/mol. The van der Waals surface area contributed by atoms with E-state index in [9.17, 15) is 4.79 Å². The van der Waals surface area contributed by atoms with Gasteiger partial charge in [0, 0.05) is 16.1 Å². The Bertz CT molecular complexity index is 1170. The Hall–Kier alpha value is -3.08. The third-order valence-electron chi connectivity index (χ3n) is 4.70. The second-order valence-corrected chi connectivity index (χ2v) is 7.54. The van der Waals surface area contributed by atoms with Gasteiger partial charge in [0.2, 0.25) is 0 Å². The van der Waals surface area contributed by atoms with Crippen LogP contribution < -0.4 is 9.75 Å². The van der Waals surface area contributed by atoms with E-state index < -0.39 is 0 Å². The van der Waals surface area contributed by atoms with Crippen molar-refractivity contribution >= 4 is 46.6 Å². The molecule has 0 N–H and O–H groups in total. The zero-order valence-corrected chi connectivity index (χ0v) is 17.7. The van der Waals surface area contributed by atoms with E-state index in [2.05, 4.69) is 5.10 Å². The van der Waals surface area contributed by atoms with Gasteiger partial charge < -0.3 is 4.74 Å². The lowest BCUT2D eigenvalue weighted by atomic mass is 10.1. The first-order valence-corrected chi connectivity index (χ1v) is 10.1. The minimum Gasteiger partial charge on any atom is -0.488 e. The van der Waals surface area contributed by atoms with Crippen molar-refractivity contribution in [2.45, 2.75) is 13.5 Å². The maximum atomic E-state index is 13.0. The molecule has 0 aliphatic carbocycles. The van der Waals surface area contributed by atoms with E-state index in [0.29, 0.717) is 39.4 Å². The number of halogens is 2. The molecule has 1 aliphatic rings. The lowest BCUT2D eigenvalue weighted by molar-refractivity contribution is -0.114. The first-order chi connectivity index (χ1) is 14.5. The number of hydrogen-bond acceptors (Lipinski definition) is 3. The monoisotopic (exact) mass is 436 g/mol. The second-order valence-electron chi connectivity index (χ2n) is 6.73. The first kappa shape index (κ1) is 20.2. The molecule has 0 saturated heterocycles. The van der Waals surface area contributed by atoms with Gasteiger partial charge in [-0.15, -0.1) is 0 Å². The Morgan fingerprint density at radius 1 is 0.933 bits per heavy atom. The van der Waals surface area contributed by atoms with Gasteiger partial charge in [0.25, 0.3) is 5.91 Å². The summed E-state index contributed by atoms with van der Waals surface area (Å²) in [4.78, 5) is 13.0. The molecule has 1 aliphatic heterocycles. The van der Waals surface area contributed by atoms with Gasteiger partial charge in [-0.3, -0.25) is 4.79 Å². The number of carbonyl (C=O) groups excluding carboxylic acids is 1. The highest BCUT2D eigenvalue weighted by molar-refractivity contribution is 6.37. The van der Waals surface area contributed by atoms with Gasteiger partial charge in [-0.05, 0) is 37.3 Å². The van der Waals surface area contributed by atoms with Crippen LogP contribution in [0.3, 0.4) is 0 Å². The highest BCUT2D eigenvalue weighted by Crippen LogP contribution is 2.32. The third-order valence-corrected chi connectivity index (χ3v) is 5.39. The van der Waals surface area contributed by atoms with Crippen LogP contribution in [-0.4, -0.2) is 11.6 Å². The lowest BCUT2D eigenvalue weighted by Crippen LogP contribution is -2.21. The summed E-state index contributed by atoms with van der Waals surface area (Å²) in [5.74, 6) is 0.420. The number of anilines is 1. The standard InChI is InChI=1S/C24H18Cl2N2O2/c1-16-19(24(29)28(27-16)22-12-6-5-11-21(22)26)14-17-8-3-7-13-23(17)30-15-18-9-2-4-10-20(18)25/h2-14H,15H2,1H3/b19-14-. The van der Waals surface area contributed by atoms with Gasteiger partial charge >= 0.3 is 0 Å². The quantitative estimate of drug-likeness (QED) is 0.435. The highest BCUT2D eigenvalue weighted by Gasteiger charge is 2.30. The smallest absolute Gasteiger partial charge is 0.280 e. The Morgan fingerprint density at radius 2 is 1.60 bits per heavy atom. The molecule has 1 heterocycles. The summed E-state index contributed by atoms with van der Waals surface area (Å²) >= 11 is 12.5. The van der Waals surface area contributed by atoms with Crippen molar-refractivity contribution in [1.82, 2.24) is 0 Å². The number of para-hydroxylation sites is 2. The van der Waals surface area contributed by atoms with Crippen molar-refractivity contribution in [2.75, 3.05) is 5.01 Å². The van der Waals surface area contributed by atoms with Crippen LogP contribution in [0.2, 0.25) is 10.0 Å². The molecule has 0 aromatic heterocycles. The zero-order chi connectivity index (χ0) is 21.1. The predicted octanol–water partition coefficient (Wildman–Crippen LogP) is 6.38. The maximum Gasteiger partial charge on any atom is 0.280 e. The number of ether oxygens (including phenoxy) is 1. The van der Waals surface area contributed by atoms with Crippen molar-refractivity contribution in [3.63, 3.8) is 0 Å². The highest BCUT2D eigenvalue weighted by atomic mass is 35.5. The largest absolute Gasteiger partial charge is 0.488 e. The van der Waals surface area contributed by atoms with Crippen molar-refractivity contribution in [2.24, 2.45) is 5.10 Å². The Morgan fingerprint density at radius 3 is 2.37 bits per heavy atom. The summed E-state index contributed by atoms with van der Waals surface area (Å²) in [5.41, 5.74) is 3.32. The fraction of sp³-hybridized carbons (Fsp3) is 0.0833. The molecule has 3 aromatic carbocycles. The van der Waals surface area contributed by atoms with E-state index in [4.69, 9.17) is 27.9 Å². The molecule has 6 heteroatoms. The summed E-state index contributed by atoms with van der Waals surface area (Å²) in [5, 5.41) is 6.85. The Kier molecular flexibility index (Phi) is 5.88. The summed E-state index contributed by atoms with van der Waals surface area (Å²) in [7, 11) is 0. The van der Waals surface area contributed by atoms with Crippen molar-refractivity contribution in [3.05, 3.63) is 99.5 Å². The van der Waals surface area contributed by atoms with Crippen molar-refractivity contribution < 1.29 is 9.53 Å². The summed E-state index contributed by atoms with van der Waals surface area (Å²) < 4.78 is 6.00. The molecular formula is C24H18Cl2N2O2. The van der Waals surface area contributed by atoms with Crippen LogP contribution in [0.4, 0.5) is 5.69 Å². The van der Waals surface area contributed by atoms with E-state index >= 15 is 0 Å². The molecule has 4 nitrogen and oxygen atoms in total. The Balaban J connectivity index is 1.61. The molecule has 0 atom stereocenters. The number of hydrogen-bond donors (Lipinski definition) is 0. The van der Waals surface area contributed by atoms with Crippen LogP contribution >= 0.6 is 23.2 Å². The number of nitrogens with zero attached hydrogens (tertiary/aromatic N) is 2. The fourth-order valence-electron chi connectivity index (χ4n) is 3.13. The van der Waals surface area contributed by atoms with Gasteiger partial charge in [0.1, 0.15) is 12.4 Å². The molecule has 3 aromatic rings. The van der Waals surface area contributed by atoms with Crippen LogP contribution in [0.1, 0.15) is 18.1 Å². The zero-order valence-electron chi connectivity index (χ0n) is 16.2. The molecular weight excluding hydrogens is 419 g/mol. The van der Waals surface area contributed by atoms with Gasteiger partial charge in [-0.25, -0.2) is 0 Å². The van der Waals surface area contributed by atoms with Crippen LogP contribution in [0, 0.1) is 0 Å². The summed E-state index contributed by atoms with van der Waals surface area (Å²) in [6.45, 7) is 2.13. The third kappa shape index (κ3) is 4.11. The summed E-state index contributed by atoms with van der Waals surface area (Å²) in [6, 6.07) is 22.2. The maximum absolute atomic E-state index is 13.0. The van der Waals surface area contributed by atoms with Gasteiger partial charge in [0.05, 0.1) is 22.0 Å².